The van der Waals surface area contributed by atoms with Gasteiger partial charge in [0.05, 0.1) is 12.8 Å². The summed E-state index contributed by atoms with van der Waals surface area (Å²) in [4.78, 5) is 28.2. The van der Waals surface area contributed by atoms with Gasteiger partial charge >= 0.3 is 0 Å². The van der Waals surface area contributed by atoms with Crippen LogP contribution in [0.25, 0.3) is 0 Å². The van der Waals surface area contributed by atoms with Crippen molar-refractivity contribution >= 4 is 23.3 Å². The van der Waals surface area contributed by atoms with E-state index in [0.717, 1.165) is 5.56 Å². The summed E-state index contributed by atoms with van der Waals surface area (Å²) in [6.45, 7) is 0.373. The van der Waals surface area contributed by atoms with Crippen LogP contribution >= 0.6 is 0 Å². The fourth-order valence-corrected chi connectivity index (χ4v) is 2.78. The van der Waals surface area contributed by atoms with E-state index in [1.807, 2.05) is 12.1 Å². The number of rotatable bonds is 8. The third-order valence-corrected chi connectivity index (χ3v) is 4.21. The number of hydrogen-bond donors (Lipinski definition) is 2. The first-order chi connectivity index (χ1) is 15.2. The largest absolute Gasteiger partial charge is 0.484 e. The van der Waals surface area contributed by atoms with Crippen molar-refractivity contribution in [3.8, 4) is 5.75 Å². The van der Waals surface area contributed by atoms with Crippen LogP contribution in [-0.2, 0) is 11.3 Å². The van der Waals surface area contributed by atoms with Gasteiger partial charge in [-0.3, -0.25) is 19.3 Å². The molecule has 0 atom stereocenters. The lowest BCUT2D eigenvalue weighted by Gasteiger charge is -2.08. The van der Waals surface area contributed by atoms with Gasteiger partial charge in [-0.2, -0.15) is 5.10 Å². The highest BCUT2D eigenvalue weighted by Crippen LogP contribution is 2.18. The number of benzene rings is 1. The van der Waals surface area contributed by atoms with Gasteiger partial charge in [-0.15, -0.1) is 0 Å². The predicted molar refractivity (Wildman–Crippen MR) is 113 cm³/mol. The normalized spacial score (nSPS) is 10.5. The van der Waals surface area contributed by atoms with Crippen LogP contribution in [0.2, 0.25) is 0 Å². The fraction of sp³-hybridized carbons (Fsp3) is 0.0909. The molecule has 4 aromatic rings. The van der Waals surface area contributed by atoms with Crippen molar-refractivity contribution in [2.24, 2.45) is 0 Å². The maximum atomic E-state index is 12.2. The van der Waals surface area contributed by atoms with Crippen molar-refractivity contribution in [1.29, 1.82) is 0 Å². The highest BCUT2D eigenvalue weighted by atomic mass is 16.5. The van der Waals surface area contributed by atoms with Crippen LogP contribution in [-0.4, -0.2) is 33.2 Å². The molecule has 0 spiro atoms. The molecule has 0 radical (unpaired) electrons. The zero-order valence-electron chi connectivity index (χ0n) is 16.4. The van der Waals surface area contributed by atoms with Crippen molar-refractivity contribution < 1.29 is 18.7 Å². The molecule has 0 fully saturated rings. The zero-order chi connectivity index (χ0) is 21.5. The molecule has 0 unspecified atom stereocenters. The van der Waals surface area contributed by atoms with Crippen molar-refractivity contribution in [1.82, 2.24) is 14.8 Å². The SMILES string of the molecule is O=C(COc1cccc(NC(=O)c2ccco2)c1)Nc1ccn(Cc2ccncc2)n1. The van der Waals surface area contributed by atoms with Crippen molar-refractivity contribution in [3.63, 3.8) is 0 Å². The highest BCUT2D eigenvalue weighted by Gasteiger charge is 2.10. The number of amides is 2. The first kappa shape index (κ1) is 19.9. The monoisotopic (exact) mass is 417 g/mol. The van der Waals surface area contributed by atoms with Gasteiger partial charge in [0.1, 0.15) is 5.75 Å². The maximum absolute atomic E-state index is 12.2. The second-order valence-electron chi connectivity index (χ2n) is 6.55. The van der Waals surface area contributed by atoms with Crippen LogP contribution in [0.5, 0.6) is 5.75 Å². The molecule has 3 aromatic heterocycles. The molecule has 0 bridgehead atoms. The van der Waals surface area contributed by atoms with Gasteiger partial charge < -0.3 is 19.8 Å². The highest BCUT2D eigenvalue weighted by molar-refractivity contribution is 6.02. The second-order valence-corrected chi connectivity index (χ2v) is 6.55. The molecule has 2 amide bonds. The van der Waals surface area contributed by atoms with Crippen LogP contribution < -0.4 is 15.4 Å². The Bertz CT molecular complexity index is 1160. The van der Waals surface area contributed by atoms with Crippen LogP contribution in [0, 0.1) is 0 Å². The third-order valence-electron chi connectivity index (χ3n) is 4.21. The van der Waals surface area contributed by atoms with Crippen LogP contribution in [0.3, 0.4) is 0 Å². The summed E-state index contributed by atoms with van der Waals surface area (Å²) in [5, 5.41) is 9.72. The number of ether oxygens (including phenoxy) is 1. The molecule has 2 N–H and O–H groups in total. The van der Waals surface area contributed by atoms with E-state index in [9.17, 15) is 9.59 Å². The van der Waals surface area contributed by atoms with Crippen molar-refractivity contribution in [2.75, 3.05) is 17.2 Å². The van der Waals surface area contributed by atoms with E-state index in [0.29, 0.717) is 23.8 Å². The molecule has 0 saturated heterocycles. The van der Waals surface area contributed by atoms with Gasteiger partial charge in [-0.1, -0.05) is 6.07 Å². The number of carbonyl (C=O) groups excluding carboxylic acids is 2. The minimum atomic E-state index is -0.373. The number of hydrogen-bond acceptors (Lipinski definition) is 6. The van der Waals surface area contributed by atoms with Gasteiger partial charge in [-0.05, 0) is 42.0 Å². The Labute approximate surface area is 177 Å². The van der Waals surface area contributed by atoms with Gasteiger partial charge in [0.25, 0.3) is 11.8 Å². The maximum Gasteiger partial charge on any atom is 0.291 e. The summed E-state index contributed by atoms with van der Waals surface area (Å²) in [5.74, 6) is 0.355. The first-order valence-corrected chi connectivity index (χ1v) is 9.46. The fourth-order valence-electron chi connectivity index (χ4n) is 2.78. The summed E-state index contributed by atoms with van der Waals surface area (Å²) >= 11 is 0. The number of anilines is 2. The van der Waals surface area contributed by atoms with E-state index < -0.39 is 0 Å². The molecule has 9 heteroatoms. The number of nitrogens with one attached hydrogen (secondary N) is 2. The van der Waals surface area contributed by atoms with E-state index in [1.165, 1.54) is 6.26 Å². The minimum Gasteiger partial charge on any atom is -0.484 e. The Kier molecular flexibility index (Phi) is 6.03. The number of carbonyl (C=O) groups is 2. The first-order valence-electron chi connectivity index (χ1n) is 9.46. The molecule has 0 saturated carbocycles. The molecule has 9 nitrogen and oxygen atoms in total. The van der Waals surface area contributed by atoms with E-state index in [2.05, 4.69) is 20.7 Å². The molecule has 156 valence electrons. The summed E-state index contributed by atoms with van der Waals surface area (Å²) < 4.78 is 12.3. The molecule has 0 aliphatic heterocycles. The average Bonchev–Trinajstić information content (AvgIpc) is 3.46. The average molecular weight is 417 g/mol. The lowest BCUT2D eigenvalue weighted by Crippen LogP contribution is -2.20. The molecule has 0 aliphatic rings. The Morgan fingerprint density at radius 2 is 1.90 bits per heavy atom. The van der Waals surface area contributed by atoms with Gasteiger partial charge in [0.15, 0.2) is 18.2 Å². The quantitative estimate of drug-likeness (QED) is 0.455. The van der Waals surface area contributed by atoms with Crippen LogP contribution in [0.4, 0.5) is 11.5 Å². The van der Waals surface area contributed by atoms with E-state index in [-0.39, 0.29) is 24.2 Å². The molecular formula is C22H19N5O4. The lowest BCUT2D eigenvalue weighted by atomic mass is 10.3. The number of nitrogens with zero attached hydrogens (tertiary/aromatic N) is 3. The molecule has 4 rings (SSSR count). The smallest absolute Gasteiger partial charge is 0.291 e. The van der Waals surface area contributed by atoms with Gasteiger partial charge in [-0.25, -0.2) is 0 Å². The molecule has 1 aromatic carbocycles. The Morgan fingerprint density at radius 3 is 2.71 bits per heavy atom. The second kappa shape index (κ2) is 9.40. The molecule has 0 aliphatic carbocycles. The third kappa shape index (κ3) is 5.57. The number of pyridine rings is 1. The van der Waals surface area contributed by atoms with E-state index in [1.54, 1.807) is 65.7 Å². The van der Waals surface area contributed by atoms with Gasteiger partial charge in [0, 0.05) is 36.4 Å². The predicted octanol–water partition coefficient (Wildman–Crippen LogP) is 3.19. The summed E-state index contributed by atoms with van der Waals surface area (Å²) in [6.07, 6.45) is 6.64. The Morgan fingerprint density at radius 1 is 1.03 bits per heavy atom. The summed E-state index contributed by atoms with van der Waals surface area (Å²) in [6, 6.07) is 15.5. The van der Waals surface area contributed by atoms with Crippen molar-refractivity contribution in [2.45, 2.75) is 6.54 Å². The van der Waals surface area contributed by atoms with Crippen LogP contribution in [0.15, 0.2) is 83.9 Å². The number of aromatic nitrogens is 3. The number of furan rings is 1. The Balaban J connectivity index is 1.28. The Hall–Kier alpha value is -4.40. The van der Waals surface area contributed by atoms with E-state index in [4.69, 9.17) is 9.15 Å². The standard InChI is InChI=1S/C22H19N5O4/c28-21(25-20-8-11-27(26-20)14-16-6-9-23-10-7-16)15-31-18-4-1-3-17(13-18)24-22(29)19-5-2-12-30-19/h1-13H,14-15H2,(H,24,29)(H,25,26,28). The zero-order valence-corrected chi connectivity index (χ0v) is 16.4. The molecule has 3 heterocycles. The van der Waals surface area contributed by atoms with Crippen LogP contribution in [0.1, 0.15) is 16.1 Å². The van der Waals surface area contributed by atoms with E-state index >= 15 is 0 Å². The summed E-state index contributed by atoms with van der Waals surface area (Å²) in [7, 11) is 0. The molecular weight excluding hydrogens is 398 g/mol. The lowest BCUT2D eigenvalue weighted by molar-refractivity contribution is -0.118. The topological polar surface area (TPSA) is 111 Å². The van der Waals surface area contributed by atoms with Gasteiger partial charge in [0.2, 0.25) is 0 Å². The summed E-state index contributed by atoms with van der Waals surface area (Å²) in [5.41, 5.74) is 1.58. The molecule has 31 heavy (non-hydrogen) atoms. The minimum absolute atomic E-state index is 0.202. The van der Waals surface area contributed by atoms with Crippen molar-refractivity contribution in [3.05, 3.63) is 90.8 Å².